The van der Waals surface area contributed by atoms with Crippen LogP contribution in [0.1, 0.15) is 0 Å². The lowest BCUT2D eigenvalue weighted by Gasteiger charge is -2.10. The predicted octanol–water partition coefficient (Wildman–Crippen LogP) is 4.97. The summed E-state index contributed by atoms with van der Waals surface area (Å²) in [5, 5.41) is 4.83. The van der Waals surface area contributed by atoms with Crippen LogP contribution in [-0.4, -0.2) is 0 Å². The lowest BCUT2D eigenvalue weighted by Crippen LogP contribution is -1.96. The quantitative estimate of drug-likeness (QED) is 0.765. The van der Waals surface area contributed by atoms with Gasteiger partial charge >= 0.3 is 0 Å². The zero-order chi connectivity index (χ0) is 12.4. The van der Waals surface area contributed by atoms with Gasteiger partial charge in [-0.15, -0.1) is 0 Å². The van der Waals surface area contributed by atoms with Crippen LogP contribution >= 0.6 is 34.8 Å². The van der Waals surface area contributed by atoms with Gasteiger partial charge in [0.25, 0.3) is 0 Å². The van der Waals surface area contributed by atoms with Crippen molar-refractivity contribution in [2.45, 2.75) is 0 Å². The lowest BCUT2D eigenvalue weighted by atomic mass is 10.2. The Morgan fingerprint density at radius 2 is 1.47 bits per heavy atom. The van der Waals surface area contributed by atoms with Crippen LogP contribution in [0.4, 0.5) is 17.1 Å². The van der Waals surface area contributed by atoms with Crippen LogP contribution in [0.15, 0.2) is 36.4 Å². The van der Waals surface area contributed by atoms with Crippen molar-refractivity contribution in [3.8, 4) is 0 Å². The summed E-state index contributed by atoms with van der Waals surface area (Å²) >= 11 is 17.7. The molecule has 0 atom stereocenters. The van der Waals surface area contributed by atoms with E-state index in [1.807, 2.05) is 0 Å². The van der Waals surface area contributed by atoms with Crippen LogP contribution in [0.3, 0.4) is 0 Å². The summed E-state index contributed by atoms with van der Waals surface area (Å²) in [6, 6.07) is 10.4. The second-order valence-electron chi connectivity index (χ2n) is 3.51. The Morgan fingerprint density at radius 3 is 2.12 bits per heavy atom. The molecule has 0 fully saturated rings. The second kappa shape index (κ2) is 5.05. The maximum Gasteiger partial charge on any atom is 0.0632 e. The molecule has 0 saturated carbocycles. The molecule has 0 unspecified atom stereocenters. The number of halogens is 3. The molecule has 2 aromatic carbocycles. The average molecular weight is 288 g/mol. The summed E-state index contributed by atoms with van der Waals surface area (Å²) in [5.41, 5.74) is 7.91. The van der Waals surface area contributed by atoms with Gasteiger partial charge in [0.05, 0.1) is 11.4 Å². The van der Waals surface area contributed by atoms with Gasteiger partial charge in [-0.1, -0.05) is 34.8 Å². The third-order valence-electron chi connectivity index (χ3n) is 2.16. The van der Waals surface area contributed by atoms with E-state index in [1.165, 1.54) is 0 Å². The number of hydrogen-bond acceptors (Lipinski definition) is 2. The highest BCUT2D eigenvalue weighted by Crippen LogP contribution is 2.29. The van der Waals surface area contributed by atoms with E-state index < -0.39 is 0 Å². The summed E-state index contributed by atoms with van der Waals surface area (Å²) in [6.45, 7) is 0. The average Bonchev–Trinajstić information content (AvgIpc) is 2.22. The highest BCUT2D eigenvalue weighted by atomic mass is 35.5. The van der Waals surface area contributed by atoms with Crippen molar-refractivity contribution in [2.24, 2.45) is 0 Å². The highest BCUT2D eigenvalue weighted by Gasteiger charge is 2.03. The first-order chi connectivity index (χ1) is 8.04. The van der Waals surface area contributed by atoms with Crippen molar-refractivity contribution in [1.82, 2.24) is 0 Å². The van der Waals surface area contributed by atoms with Crippen molar-refractivity contribution < 1.29 is 0 Å². The number of nitrogen functional groups attached to an aromatic ring is 1. The Hall–Kier alpha value is -1.09. The molecular formula is C12H9Cl3N2. The molecule has 2 aromatic rings. The molecule has 0 amide bonds. The highest BCUT2D eigenvalue weighted by molar-refractivity contribution is 6.35. The standard InChI is InChI=1S/C12H9Cl3N2/c13-7-1-2-11(16)12(6-7)17-10-4-8(14)3-9(15)5-10/h1-6,17H,16H2. The Bertz CT molecular complexity index is 535. The smallest absolute Gasteiger partial charge is 0.0632 e. The molecule has 0 aliphatic carbocycles. The van der Waals surface area contributed by atoms with Gasteiger partial charge in [0, 0.05) is 20.8 Å². The Balaban J connectivity index is 2.34. The molecule has 3 N–H and O–H groups in total. The fraction of sp³-hybridized carbons (Fsp3) is 0. The molecule has 0 aromatic heterocycles. The molecule has 0 saturated heterocycles. The van der Waals surface area contributed by atoms with Crippen LogP contribution in [-0.2, 0) is 0 Å². The summed E-state index contributed by atoms with van der Waals surface area (Å²) in [7, 11) is 0. The maximum absolute atomic E-state index is 5.91. The van der Waals surface area contributed by atoms with Gasteiger partial charge in [0.1, 0.15) is 0 Å². The largest absolute Gasteiger partial charge is 0.397 e. The minimum Gasteiger partial charge on any atom is -0.397 e. The van der Waals surface area contributed by atoms with Crippen LogP contribution in [0, 0.1) is 0 Å². The summed E-state index contributed by atoms with van der Waals surface area (Å²) in [4.78, 5) is 0. The second-order valence-corrected chi connectivity index (χ2v) is 4.82. The summed E-state index contributed by atoms with van der Waals surface area (Å²) in [5.74, 6) is 0. The van der Waals surface area contributed by atoms with Crippen molar-refractivity contribution in [1.29, 1.82) is 0 Å². The molecular weight excluding hydrogens is 279 g/mol. The number of nitrogens with two attached hydrogens (primary N) is 1. The molecule has 0 aliphatic rings. The molecule has 0 radical (unpaired) electrons. The Kier molecular flexibility index (Phi) is 3.67. The predicted molar refractivity (Wildman–Crippen MR) is 75.6 cm³/mol. The third kappa shape index (κ3) is 3.19. The van der Waals surface area contributed by atoms with Gasteiger partial charge in [-0.2, -0.15) is 0 Å². The van der Waals surface area contributed by atoms with Crippen molar-refractivity contribution >= 4 is 51.9 Å². The van der Waals surface area contributed by atoms with Crippen LogP contribution in [0.2, 0.25) is 15.1 Å². The maximum atomic E-state index is 5.91. The Labute approximate surface area is 114 Å². The van der Waals surface area contributed by atoms with Crippen molar-refractivity contribution in [2.75, 3.05) is 11.1 Å². The molecule has 5 heteroatoms. The Morgan fingerprint density at radius 1 is 0.824 bits per heavy atom. The van der Waals surface area contributed by atoms with Crippen LogP contribution < -0.4 is 11.1 Å². The van der Waals surface area contributed by atoms with Gasteiger partial charge in [0.2, 0.25) is 0 Å². The van der Waals surface area contributed by atoms with Crippen LogP contribution in [0.5, 0.6) is 0 Å². The number of nitrogens with one attached hydrogen (secondary N) is 1. The van der Waals surface area contributed by atoms with E-state index in [-0.39, 0.29) is 0 Å². The zero-order valence-corrected chi connectivity index (χ0v) is 10.9. The fourth-order valence-corrected chi connectivity index (χ4v) is 2.12. The number of rotatable bonds is 2. The summed E-state index contributed by atoms with van der Waals surface area (Å²) in [6.07, 6.45) is 0. The number of benzene rings is 2. The van der Waals surface area contributed by atoms with E-state index in [4.69, 9.17) is 40.5 Å². The van der Waals surface area contributed by atoms with Crippen molar-refractivity contribution in [3.63, 3.8) is 0 Å². The molecule has 0 bridgehead atoms. The van der Waals surface area contributed by atoms with Gasteiger partial charge in [-0.05, 0) is 36.4 Å². The molecule has 2 nitrogen and oxygen atoms in total. The van der Waals surface area contributed by atoms with E-state index in [9.17, 15) is 0 Å². The van der Waals surface area contributed by atoms with E-state index in [2.05, 4.69) is 5.32 Å². The molecule has 0 spiro atoms. The van der Waals surface area contributed by atoms with E-state index in [0.29, 0.717) is 20.8 Å². The lowest BCUT2D eigenvalue weighted by molar-refractivity contribution is 1.54. The minimum absolute atomic E-state index is 0.556. The van der Waals surface area contributed by atoms with Crippen LogP contribution in [0.25, 0.3) is 0 Å². The van der Waals surface area contributed by atoms with Gasteiger partial charge in [-0.3, -0.25) is 0 Å². The fourth-order valence-electron chi connectivity index (χ4n) is 1.42. The molecule has 2 rings (SSSR count). The van der Waals surface area contributed by atoms with Gasteiger partial charge in [-0.25, -0.2) is 0 Å². The topological polar surface area (TPSA) is 38.0 Å². The molecule has 0 heterocycles. The minimum atomic E-state index is 0.556. The number of hydrogen-bond donors (Lipinski definition) is 2. The molecule has 0 aliphatic heterocycles. The van der Waals surface area contributed by atoms with E-state index in [1.54, 1.807) is 36.4 Å². The monoisotopic (exact) mass is 286 g/mol. The molecule has 17 heavy (non-hydrogen) atoms. The van der Waals surface area contributed by atoms with Crippen molar-refractivity contribution in [3.05, 3.63) is 51.5 Å². The zero-order valence-electron chi connectivity index (χ0n) is 8.68. The van der Waals surface area contributed by atoms with Gasteiger partial charge < -0.3 is 11.1 Å². The number of anilines is 3. The van der Waals surface area contributed by atoms with E-state index in [0.717, 1.165) is 11.4 Å². The van der Waals surface area contributed by atoms with E-state index >= 15 is 0 Å². The normalized spacial score (nSPS) is 10.3. The molecule has 88 valence electrons. The first kappa shape index (κ1) is 12.4. The first-order valence-corrected chi connectivity index (χ1v) is 5.96. The SMILES string of the molecule is Nc1ccc(Cl)cc1Nc1cc(Cl)cc(Cl)c1. The summed E-state index contributed by atoms with van der Waals surface area (Å²) < 4.78 is 0. The first-order valence-electron chi connectivity index (χ1n) is 4.83. The third-order valence-corrected chi connectivity index (χ3v) is 2.83. The van der Waals surface area contributed by atoms with Gasteiger partial charge in [0.15, 0.2) is 0 Å².